The summed E-state index contributed by atoms with van der Waals surface area (Å²) in [6.07, 6.45) is 1.05. The summed E-state index contributed by atoms with van der Waals surface area (Å²) in [5.74, 6) is 0.393. The van der Waals surface area contributed by atoms with E-state index >= 15 is 0 Å². The molecule has 1 aliphatic carbocycles. The van der Waals surface area contributed by atoms with E-state index in [4.69, 9.17) is 5.73 Å². The van der Waals surface area contributed by atoms with Gasteiger partial charge in [0.25, 0.3) is 5.91 Å². The van der Waals surface area contributed by atoms with Crippen LogP contribution in [-0.4, -0.2) is 11.9 Å². The van der Waals surface area contributed by atoms with Crippen molar-refractivity contribution in [3.8, 4) is 0 Å². The molecule has 0 aromatic heterocycles. The Hall–Kier alpha value is -2.13. The van der Waals surface area contributed by atoms with Crippen molar-refractivity contribution in [2.24, 2.45) is 5.73 Å². The highest BCUT2D eigenvalue weighted by molar-refractivity contribution is 6.04. The van der Waals surface area contributed by atoms with Gasteiger partial charge in [0.05, 0.1) is 0 Å². The van der Waals surface area contributed by atoms with E-state index in [0.717, 1.165) is 12.1 Å². The first-order valence-corrected chi connectivity index (χ1v) is 6.46. The third-order valence-electron chi connectivity index (χ3n) is 3.47. The van der Waals surface area contributed by atoms with Crippen molar-refractivity contribution < 1.29 is 4.79 Å². The van der Waals surface area contributed by atoms with Crippen LogP contribution >= 0.6 is 0 Å². The molecule has 1 aliphatic rings. The SMILES string of the molecule is NC1CC1c1ccc(C(=O)Nc2ccccc2)cc1. The first kappa shape index (κ1) is 11.9. The Kier molecular flexibility index (Phi) is 3.05. The number of benzene rings is 2. The van der Waals surface area contributed by atoms with E-state index in [1.165, 1.54) is 5.56 Å². The van der Waals surface area contributed by atoms with Crippen molar-refractivity contribution >= 4 is 11.6 Å². The van der Waals surface area contributed by atoms with Crippen LogP contribution in [0.2, 0.25) is 0 Å². The van der Waals surface area contributed by atoms with Gasteiger partial charge in [0.15, 0.2) is 0 Å². The average molecular weight is 252 g/mol. The molecule has 0 heterocycles. The Bertz CT molecular complexity index is 577. The van der Waals surface area contributed by atoms with Crippen molar-refractivity contribution in [3.63, 3.8) is 0 Å². The Balaban J connectivity index is 1.70. The van der Waals surface area contributed by atoms with Gasteiger partial charge in [-0.25, -0.2) is 0 Å². The lowest BCUT2D eigenvalue weighted by atomic mass is 10.1. The lowest BCUT2D eigenvalue weighted by Gasteiger charge is -2.06. The van der Waals surface area contributed by atoms with E-state index in [2.05, 4.69) is 5.32 Å². The fraction of sp³-hybridized carbons (Fsp3) is 0.188. The molecule has 0 radical (unpaired) electrons. The van der Waals surface area contributed by atoms with E-state index in [9.17, 15) is 4.79 Å². The molecule has 3 nitrogen and oxygen atoms in total. The van der Waals surface area contributed by atoms with Crippen molar-refractivity contribution in [3.05, 3.63) is 65.7 Å². The first-order chi connectivity index (χ1) is 9.24. The lowest BCUT2D eigenvalue weighted by molar-refractivity contribution is 0.102. The van der Waals surface area contributed by atoms with Crippen molar-refractivity contribution in [1.82, 2.24) is 0 Å². The predicted molar refractivity (Wildman–Crippen MR) is 76.2 cm³/mol. The first-order valence-electron chi connectivity index (χ1n) is 6.46. The fourth-order valence-corrected chi connectivity index (χ4v) is 2.20. The Morgan fingerprint density at radius 2 is 1.68 bits per heavy atom. The molecule has 3 rings (SSSR count). The van der Waals surface area contributed by atoms with Crippen LogP contribution < -0.4 is 11.1 Å². The molecule has 96 valence electrons. The smallest absolute Gasteiger partial charge is 0.255 e. The van der Waals surface area contributed by atoms with Gasteiger partial charge in [0, 0.05) is 23.2 Å². The maximum atomic E-state index is 12.0. The third kappa shape index (κ3) is 2.66. The molecular formula is C16H16N2O. The standard InChI is InChI=1S/C16H16N2O/c17-15-10-14(15)11-6-8-12(9-7-11)16(19)18-13-4-2-1-3-5-13/h1-9,14-15H,10,17H2,(H,18,19). The highest BCUT2D eigenvalue weighted by atomic mass is 16.1. The number of para-hydroxylation sites is 1. The van der Waals surface area contributed by atoms with E-state index < -0.39 is 0 Å². The number of amides is 1. The largest absolute Gasteiger partial charge is 0.327 e. The zero-order valence-electron chi connectivity index (χ0n) is 10.5. The summed E-state index contributed by atoms with van der Waals surface area (Å²) in [5.41, 5.74) is 8.52. The molecule has 3 N–H and O–H groups in total. The molecule has 2 atom stereocenters. The van der Waals surface area contributed by atoms with Crippen molar-refractivity contribution in [2.75, 3.05) is 5.32 Å². The zero-order valence-corrected chi connectivity index (χ0v) is 10.5. The van der Waals surface area contributed by atoms with Crippen LogP contribution in [0.3, 0.4) is 0 Å². The van der Waals surface area contributed by atoms with Crippen LogP contribution in [0.25, 0.3) is 0 Å². The molecular weight excluding hydrogens is 236 g/mol. The molecule has 0 bridgehead atoms. The molecule has 0 spiro atoms. The molecule has 1 amide bonds. The number of carbonyl (C=O) groups is 1. The second-order valence-electron chi connectivity index (χ2n) is 4.95. The Morgan fingerprint density at radius 3 is 2.26 bits per heavy atom. The number of carbonyl (C=O) groups excluding carboxylic acids is 1. The molecule has 19 heavy (non-hydrogen) atoms. The number of nitrogens with two attached hydrogens (primary N) is 1. The number of hydrogen-bond acceptors (Lipinski definition) is 2. The molecule has 0 saturated heterocycles. The van der Waals surface area contributed by atoms with E-state index in [1.54, 1.807) is 0 Å². The van der Waals surface area contributed by atoms with Gasteiger partial charge >= 0.3 is 0 Å². The Labute approximate surface area is 112 Å². The van der Waals surface area contributed by atoms with E-state index in [0.29, 0.717) is 17.5 Å². The quantitative estimate of drug-likeness (QED) is 0.882. The molecule has 1 fully saturated rings. The van der Waals surface area contributed by atoms with Crippen LogP contribution in [0, 0.1) is 0 Å². The summed E-state index contributed by atoms with van der Waals surface area (Å²) in [6, 6.07) is 17.5. The highest BCUT2D eigenvalue weighted by Gasteiger charge is 2.34. The number of nitrogens with one attached hydrogen (secondary N) is 1. The van der Waals surface area contributed by atoms with Gasteiger partial charge in [-0.1, -0.05) is 30.3 Å². The summed E-state index contributed by atoms with van der Waals surface area (Å²) < 4.78 is 0. The van der Waals surface area contributed by atoms with Gasteiger partial charge in [-0.2, -0.15) is 0 Å². The minimum atomic E-state index is -0.0853. The molecule has 2 unspecified atom stereocenters. The average Bonchev–Trinajstić information content (AvgIpc) is 3.17. The van der Waals surface area contributed by atoms with Crippen LogP contribution in [0.1, 0.15) is 28.3 Å². The van der Waals surface area contributed by atoms with Crippen LogP contribution in [-0.2, 0) is 0 Å². The second kappa shape index (κ2) is 4.86. The fourth-order valence-electron chi connectivity index (χ4n) is 2.20. The minimum Gasteiger partial charge on any atom is -0.327 e. The molecule has 1 saturated carbocycles. The summed E-state index contributed by atoms with van der Waals surface area (Å²) in [4.78, 5) is 12.0. The maximum absolute atomic E-state index is 12.0. The Morgan fingerprint density at radius 1 is 1.05 bits per heavy atom. The normalized spacial score (nSPS) is 20.9. The van der Waals surface area contributed by atoms with Gasteiger partial charge < -0.3 is 11.1 Å². The number of anilines is 1. The van der Waals surface area contributed by atoms with Gasteiger partial charge in [-0.3, -0.25) is 4.79 Å². The highest BCUT2D eigenvalue weighted by Crippen LogP contribution is 2.38. The van der Waals surface area contributed by atoms with Gasteiger partial charge in [0.2, 0.25) is 0 Å². The van der Waals surface area contributed by atoms with Gasteiger partial charge in [0.1, 0.15) is 0 Å². The number of hydrogen-bond donors (Lipinski definition) is 2. The molecule has 2 aromatic carbocycles. The molecule has 0 aliphatic heterocycles. The molecule has 3 heteroatoms. The minimum absolute atomic E-state index is 0.0853. The van der Waals surface area contributed by atoms with Gasteiger partial charge in [-0.05, 0) is 36.2 Å². The lowest BCUT2D eigenvalue weighted by Crippen LogP contribution is -2.11. The molecule has 2 aromatic rings. The van der Waals surface area contributed by atoms with Crippen LogP contribution in [0.4, 0.5) is 5.69 Å². The maximum Gasteiger partial charge on any atom is 0.255 e. The van der Waals surface area contributed by atoms with Crippen LogP contribution in [0.5, 0.6) is 0 Å². The third-order valence-corrected chi connectivity index (χ3v) is 3.47. The predicted octanol–water partition coefficient (Wildman–Crippen LogP) is 2.75. The number of rotatable bonds is 3. The second-order valence-corrected chi connectivity index (χ2v) is 4.95. The summed E-state index contributed by atoms with van der Waals surface area (Å²) >= 11 is 0. The monoisotopic (exact) mass is 252 g/mol. The summed E-state index contributed by atoms with van der Waals surface area (Å²) in [5, 5.41) is 2.87. The zero-order chi connectivity index (χ0) is 13.2. The topological polar surface area (TPSA) is 55.1 Å². The summed E-state index contributed by atoms with van der Waals surface area (Å²) in [6.45, 7) is 0. The van der Waals surface area contributed by atoms with Gasteiger partial charge in [-0.15, -0.1) is 0 Å². The van der Waals surface area contributed by atoms with Crippen LogP contribution in [0.15, 0.2) is 54.6 Å². The van der Waals surface area contributed by atoms with Crippen molar-refractivity contribution in [1.29, 1.82) is 0 Å². The summed E-state index contributed by atoms with van der Waals surface area (Å²) in [7, 11) is 0. The van der Waals surface area contributed by atoms with E-state index in [1.807, 2.05) is 54.6 Å². The van der Waals surface area contributed by atoms with E-state index in [-0.39, 0.29) is 5.91 Å². The van der Waals surface area contributed by atoms with Crippen molar-refractivity contribution in [2.45, 2.75) is 18.4 Å².